The van der Waals surface area contributed by atoms with E-state index in [1.54, 1.807) is 0 Å². The first-order valence-corrected chi connectivity index (χ1v) is 5.50. The van der Waals surface area contributed by atoms with Gasteiger partial charge in [0.05, 0.1) is 5.60 Å². The van der Waals surface area contributed by atoms with Crippen molar-refractivity contribution in [2.24, 2.45) is 5.41 Å². The van der Waals surface area contributed by atoms with Crippen molar-refractivity contribution in [1.82, 2.24) is 0 Å². The Kier molecular flexibility index (Phi) is 6.41. The van der Waals surface area contributed by atoms with Gasteiger partial charge in [0.25, 0.3) is 0 Å². The zero-order chi connectivity index (χ0) is 11.9. The summed E-state index contributed by atoms with van der Waals surface area (Å²) in [5, 5.41) is 0. The van der Waals surface area contributed by atoms with Gasteiger partial charge in [0, 0.05) is 6.61 Å². The highest BCUT2D eigenvalue weighted by Crippen LogP contribution is 2.17. The second-order valence-corrected chi connectivity index (χ2v) is 5.92. The minimum absolute atomic E-state index is 0.147. The van der Waals surface area contributed by atoms with Gasteiger partial charge < -0.3 is 14.2 Å². The normalized spacial score (nSPS) is 13.2. The van der Waals surface area contributed by atoms with Gasteiger partial charge in [0.1, 0.15) is 13.6 Å². The molecule has 0 aromatic rings. The zero-order valence-corrected chi connectivity index (χ0v) is 11.1. The van der Waals surface area contributed by atoms with Crippen LogP contribution in [0.1, 0.15) is 48.0 Å². The van der Waals surface area contributed by atoms with Crippen LogP contribution in [-0.4, -0.2) is 25.8 Å². The van der Waals surface area contributed by atoms with E-state index >= 15 is 0 Å². The molecule has 0 heterocycles. The van der Waals surface area contributed by atoms with Gasteiger partial charge in [-0.2, -0.15) is 0 Å². The van der Waals surface area contributed by atoms with Crippen LogP contribution in [0, 0.1) is 5.41 Å². The molecule has 0 spiro atoms. The summed E-state index contributed by atoms with van der Waals surface area (Å²) in [6.45, 7) is 13.9. The van der Waals surface area contributed by atoms with Gasteiger partial charge in [0.2, 0.25) is 0 Å². The molecule has 0 saturated heterocycles. The van der Waals surface area contributed by atoms with Crippen LogP contribution in [0.4, 0.5) is 0 Å². The lowest BCUT2D eigenvalue weighted by Crippen LogP contribution is -2.21. The maximum Gasteiger partial charge on any atom is 0.150 e. The fraction of sp³-hybridized carbons (Fsp3) is 1.00. The Labute approximate surface area is 94.1 Å². The highest BCUT2D eigenvalue weighted by Gasteiger charge is 2.10. The minimum Gasteiger partial charge on any atom is -0.355 e. The third kappa shape index (κ3) is 13.9. The van der Waals surface area contributed by atoms with E-state index in [9.17, 15) is 0 Å². The van der Waals surface area contributed by atoms with Crippen LogP contribution < -0.4 is 0 Å². The highest BCUT2D eigenvalue weighted by molar-refractivity contribution is 4.59. The molecular weight excluding hydrogens is 192 g/mol. The molecule has 0 saturated carbocycles. The molecule has 0 aliphatic carbocycles. The van der Waals surface area contributed by atoms with Crippen molar-refractivity contribution in [2.75, 3.05) is 20.2 Å². The summed E-state index contributed by atoms with van der Waals surface area (Å²) in [5.74, 6) is 0. The lowest BCUT2D eigenvalue weighted by atomic mass is 9.93. The minimum atomic E-state index is -0.147. The molecule has 0 rings (SSSR count). The van der Waals surface area contributed by atoms with E-state index in [4.69, 9.17) is 14.2 Å². The van der Waals surface area contributed by atoms with E-state index in [0.717, 1.165) is 13.0 Å². The fourth-order valence-corrected chi connectivity index (χ4v) is 0.749. The average Bonchev–Trinajstić information content (AvgIpc) is 1.98. The van der Waals surface area contributed by atoms with E-state index in [0.29, 0.717) is 19.0 Å². The van der Waals surface area contributed by atoms with E-state index in [2.05, 4.69) is 20.8 Å². The number of ether oxygens (including phenoxy) is 3. The molecule has 92 valence electrons. The number of hydrogen-bond donors (Lipinski definition) is 0. The van der Waals surface area contributed by atoms with Gasteiger partial charge in [-0.05, 0) is 32.6 Å². The van der Waals surface area contributed by atoms with Gasteiger partial charge in [-0.3, -0.25) is 0 Å². The highest BCUT2D eigenvalue weighted by atomic mass is 16.7. The van der Waals surface area contributed by atoms with Crippen LogP contribution in [0.5, 0.6) is 0 Å². The van der Waals surface area contributed by atoms with Crippen LogP contribution in [0.15, 0.2) is 0 Å². The third-order valence-electron chi connectivity index (χ3n) is 1.74. The second kappa shape index (κ2) is 6.46. The zero-order valence-electron chi connectivity index (χ0n) is 11.1. The van der Waals surface area contributed by atoms with Crippen molar-refractivity contribution in [3.05, 3.63) is 0 Å². The van der Waals surface area contributed by atoms with Gasteiger partial charge in [-0.1, -0.05) is 20.8 Å². The third-order valence-corrected chi connectivity index (χ3v) is 1.74. The lowest BCUT2D eigenvalue weighted by molar-refractivity contribution is -0.168. The maximum atomic E-state index is 5.37. The largest absolute Gasteiger partial charge is 0.355 e. The molecule has 0 fully saturated rings. The fourth-order valence-electron chi connectivity index (χ4n) is 0.749. The van der Waals surface area contributed by atoms with E-state index in [1.807, 2.05) is 20.8 Å². The Hall–Kier alpha value is -0.120. The maximum absolute atomic E-state index is 5.37. The van der Waals surface area contributed by atoms with Crippen molar-refractivity contribution >= 4 is 0 Å². The van der Waals surface area contributed by atoms with Gasteiger partial charge in [-0.15, -0.1) is 0 Å². The van der Waals surface area contributed by atoms with Crippen LogP contribution in [0.3, 0.4) is 0 Å². The molecule has 0 aliphatic heterocycles. The molecule has 0 atom stereocenters. The van der Waals surface area contributed by atoms with Crippen LogP contribution >= 0.6 is 0 Å². The smallest absolute Gasteiger partial charge is 0.150 e. The first kappa shape index (κ1) is 14.9. The Morgan fingerprint density at radius 1 is 0.800 bits per heavy atom. The van der Waals surface area contributed by atoms with Crippen molar-refractivity contribution in [3.63, 3.8) is 0 Å². The molecule has 3 nitrogen and oxygen atoms in total. The first-order valence-electron chi connectivity index (χ1n) is 5.50. The predicted octanol–water partition coefficient (Wildman–Crippen LogP) is 3.19. The molecule has 15 heavy (non-hydrogen) atoms. The molecule has 0 bridgehead atoms. The predicted molar refractivity (Wildman–Crippen MR) is 61.7 cm³/mol. The Morgan fingerprint density at radius 2 is 1.40 bits per heavy atom. The molecule has 0 amide bonds. The number of rotatable bonds is 6. The molecular formula is C12H26O3. The Balaban J connectivity index is 3.20. The van der Waals surface area contributed by atoms with Gasteiger partial charge in [-0.25, -0.2) is 0 Å². The molecule has 0 N–H and O–H groups in total. The van der Waals surface area contributed by atoms with Crippen LogP contribution in [0.2, 0.25) is 0 Å². The standard InChI is InChI=1S/C12H26O3/c1-11(2,3)7-8-13-9-14-10-15-12(4,5)6/h7-10H2,1-6H3. The van der Waals surface area contributed by atoms with Gasteiger partial charge in [0.15, 0.2) is 0 Å². The molecule has 0 aromatic heterocycles. The first-order chi connectivity index (χ1) is 6.71. The number of hydrogen-bond acceptors (Lipinski definition) is 3. The molecule has 0 aliphatic rings. The van der Waals surface area contributed by atoms with E-state index in [-0.39, 0.29) is 5.60 Å². The quantitative estimate of drug-likeness (QED) is 0.506. The van der Waals surface area contributed by atoms with Crippen molar-refractivity contribution in [3.8, 4) is 0 Å². The molecule has 0 unspecified atom stereocenters. The topological polar surface area (TPSA) is 27.7 Å². The van der Waals surface area contributed by atoms with E-state index in [1.165, 1.54) is 0 Å². The van der Waals surface area contributed by atoms with Crippen LogP contribution in [-0.2, 0) is 14.2 Å². The molecule has 3 heteroatoms. The van der Waals surface area contributed by atoms with Gasteiger partial charge >= 0.3 is 0 Å². The van der Waals surface area contributed by atoms with Crippen molar-refractivity contribution < 1.29 is 14.2 Å². The summed E-state index contributed by atoms with van der Waals surface area (Å²) in [6.07, 6.45) is 1.04. The van der Waals surface area contributed by atoms with E-state index < -0.39 is 0 Å². The summed E-state index contributed by atoms with van der Waals surface area (Å²) >= 11 is 0. The summed E-state index contributed by atoms with van der Waals surface area (Å²) in [4.78, 5) is 0. The summed E-state index contributed by atoms with van der Waals surface area (Å²) in [5.41, 5.74) is 0.174. The molecule has 0 aromatic carbocycles. The molecule has 0 radical (unpaired) electrons. The second-order valence-electron chi connectivity index (χ2n) is 5.92. The Bertz CT molecular complexity index is 135. The van der Waals surface area contributed by atoms with Crippen molar-refractivity contribution in [1.29, 1.82) is 0 Å². The SMILES string of the molecule is CC(C)(C)CCOCOCOC(C)(C)C. The average molecular weight is 218 g/mol. The lowest BCUT2D eigenvalue weighted by Gasteiger charge is -2.20. The summed E-state index contributed by atoms with van der Waals surface area (Å²) in [7, 11) is 0. The summed E-state index contributed by atoms with van der Waals surface area (Å²) in [6, 6.07) is 0. The Morgan fingerprint density at radius 3 is 1.87 bits per heavy atom. The van der Waals surface area contributed by atoms with Crippen LogP contribution in [0.25, 0.3) is 0 Å². The monoisotopic (exact) mass is 218 g/mol. The summed E-state index contributed by atoms with van der Waals surface area (Å²) < 4.78 is 15.9. The van der Waals surface area contributed by atoms with Crippen molar-refractivity contribution in [2.45, 2.75) is 53.6 Å².